The van der Waals surface area contributed by atoms with E-state index in [1.807, 2.05) is 0 Å². The van der Waals surface area contributed by atoms with E-state index >= 15 is 0 Å². The number of halogens is 2. The first kappa shape index (κ1) is 9.35. The molecule has 1 N–H and O–H groups in total. The standard InChI is InChI=1S/C8H6BrFO2/c9-6-1-5(8(12)4-11)2-7(10)3-6/h1-3,11H,4H2. The van der Waals surface area contributed by atoms with Crippen molar-refractivity contribution >= 4 is 21.7 Å². The van der Waals surface area contributed by atoms with Crippen molar-refractivity contribution in [1.82, 2.24) is 0 Å². The second kappa shape index (κ2) is 3.78. The van der Waals surface area contributed by atoms with Crippen LogP contribution in [0.5, 0.6) is 0 Å². The van der Waals surface area contributed by atoms with Crippen LogP contribution in [0.2, 0.25) is 0 Å². The Morgan fingerprint density at radius 1 is 1.50 bits per heavy atom. The summed E-state index contributed by atoms with van der Waals surface area (Å²) < 4.78 is 13.1. The number of ketones is 1. The van der Waals surface area contributed by atoms with Gasteiger partial charge in [0.05, 0.1) is 0 Å². The molecule has 0 aliphatic carbocycles. The first-order valence-electron chi connectivity index (χ1n) is 3.23. The Morgan fingerprint density at radius 2 is 2.17 bits per heavy atom. The minimum Gasteiger partial charge on any atom is -0.388 e. The zero-order chi connectivity index (χ0) is 9.14. The maximum absolute atomic E-state index is 12.7. The minimum absolute atomic E-state index is 0.171. The van der Waals surface area contributed by atoms with Gasteiger partial charge in [0.25, 0.3) is 0 Å². The third kappa shape index (κ3) is 2.12. The molecule has 0 aliphatic heterocycles. The number of hydrogen-bond acceptors (Lipinski definition) is 2. The first-order chi connectivity index (χ1) is 5.63. The molecule has 0 saturated carbocycles. The van der Waals surface area contributed by atoms with E-state index in [1.165, 1.54) is 12.1 Å². The van der Waals surface area contributed by atoms with Gasteiger partial charge in [0.2, 0.25) is 0 Å². The quantitative estimate of drug-likeness (QED) is 0.790. The molecule has 0 fully saturated rings. The van der Waals surface area contributed by atoms with E-state index in [2.05, 4.69) is 15.9 Å². The highest BCUT2D eigenvalue weighted by Crippen LogP contribution is 2.14. The van der Waals surface area contributed by atoms with Crippen LogP contribution in [0.1, 0.15) is 10.4 Å². The molecule has 1 rings (SSSR count). The highest BCUT2D eigenvalue weighted by Gasteiger charge is 2.06. The van der Waals surface area contributed by atoms with E-state index < -0.39 is 18.2 Å². The van der Waals surface area contributed by atoms with Crippen LogP contribution >= 0.6 is 15.9 Å². The van der Waals surface area contributed by atoms with E-state index in [1.54, 1.807) is 0 Å². The van der Waals surface area contributed by atoms with Crippen molar-refractivity contribution in [3.63, 3.8) is 0 Å². The third-order valence-corrected chi connectivity index (χ3v) is 1.79. The molecule has 0 saturated heterocycles. The zero-order valence-corrected chi connectivity index (χ0v) is 7.64. The van der Waals surface area contributed by atoms with Crippen molar-refractivity contribution in [3.05, 3.63) is 34.1 Å². The summed E-state index contributed by atoms with van der Waals surface area (Å²) in [5, 5.41) is 8.48. The summed E-state index contributed by atoms with van der Waals surface area (Å²) in [5.41, 5.74) is 0.171. The largest absolute Gasteiger partial charge is 0.388 e. The van der Waals surface area contributed by atoms with Gasteiger partial charge in [0.15, 0.2) is 5.78 Å². The summed E-state index contributed by atoms with van der Waals surface area (Å²) in [4.78, 5) is 10.9. The minimum atomic E-state index is -0.601. The van der Waals surface area contributed by atoms with Crippen LogP contribution < -0.4 is 0 Å². The van der Waals surface area contributed by atoms with Crippen LogP contribution in [-0.4, -0.2) is 17.5 Å². The average molecular weight is 233 g/mol. The Morgan fingerprint density at radius 3 is 2.67 bits per heavy atom. The second-order valence-corrected chi connectivity index (χ2v) is 3.16. The Balaban J connectivity index is 3.08. The van der Waals surface area contributed by atoms with Crippen LogP contribution in [0.25, 0.3) is 0 Å². The van der Waals surface area contributed by atoms with Crippen molar-refractivity contribution < 1.29 is 14.3 Å². The van der Waals surface area contributed by atoms with E-state index in [0.717, 1.165) is 6.07 Å². The lowest BCUT2D eigenvalue weighted by molar-refractivity contribution is 0.0903. The summed E-state index contributed by atoms with van der Waals surface area (Å²) in [5.74, 6) is -0.989. The van der Waals surface area contributed by atoms with E-state index in [9.17, 15) is 9.18 Å². The highest BCUT2D eigenvalue weighted by molar-refractivity contribution is 9.10. The second-order valence-electron chi connectivity index (χ2n) is 2.24. The number of aliphatic hydroxyl groups is 1. The summed E-state index contributed by atoms with van der Waals surface area (Å²) in [6.45, 7) is -0.601. The molecule has 2 nitrogen and oxygen atoms in total. The molecular formula is C8H6BrFO2. The molecule has 0 aromatic heterocycles. The third-order valence-electron chi connectivity index (χ3n) is 1.33. The molecule has 1 aromatic carbocycles. The first-order valence-corrected chi connectivity index (χ1v) is 4.03. The molecule has 0 heterocycles. The van der Waals surface area contributed by atoms with Gasteiger partial charge in [0.1, 0.15) is 12.4 Å². The van der Waals surface area contributed by atoms with Crippen LogP contribution in [0, 0.1) is 5.82 Å². The number of carbonyl (C=O) groups excluding carboxylic acids is 1. The summed E-state index contributed by atoms with van der Waals surface area (Å²) >= 11 is 3.04. The van der Waals surface area contributed by atoms with Crippen LogP contribution in [-0.2, 0) is 0 Å². The van der Waals surface area contributed by atoms with Crippen LogP contribution in [0.15, 0.2) is 22.7 Å². The predicted molar refractivity (Wildman–Crippen MR) is 45.5 cm³/mol. The van der Waals surface area contributed by atoms with Gasteiger partial charge >= 0.3 is 0 Å². The lowest BCUT2D eigenvalue weighted by Gasteiger charge is -1.98. The summed E-state index contributed by atoms with van der Waals surface area (Å²) in [7, 11) is 0. The summed E-state index contributed by atoms with van der Waals surface area (Å²) in [6, 6.07) is 3.79. The number of aliphatic hydroxyl groups excluding tert-OH is 1. The van der Waals surface area contributed by atoms with Gasteiger partial charge in [-0.3, -0.25) is 4.79 Å². The monoisotopic (exact) mass is 232 g/mol. The maximum Gasteiger partial charge on any atom is 0.188 e. The SMILES string of the molecule is O=C(CO)c1cc(F)cc(Br)c1. The van der Waals surface area contributed by atoms with E-state index in [-0.39, 0.29) is 5.56 Å². The average Bonchev–Trinajstić information content (AvgIpc) is 2.01. The molecule has 1 aromatic rings. The van der Waals surface area contributed by atoms with Gasteiger partial charge in [-0.2, -0.15) is 0 Å². The van der Waals surface area contributed by atoms with Crippen molar-refractivity contribution in [3.8, 4) is 0 Å². The fraction of sp³-hybridized carbons (Fsp3) is 0.125. The van der Waals surface area contributed by atoms with Gasteiger partial charge in [-0.25, -0.2) is 4.39 Å². The number of rotatable bonds is 2. The highest BCUT2D eigenvalue weighted by atomic mass is 79.9. The molecule has 0 spiro atoms. The molecule has 0 aliphatic rings. The molecular weight excluding hydrogens is 227 g/mol. The molecule has 64 valence electrons. The number of benzene rings is 1. The van der Waals surface area contributed by atoms with Crippen molar-refractivity contribution in [2.24, 2.45) is 0 Å². The van der Waals surface area contributed by atoms with Crippen LogP contribution in [0.4, 0.5) is 4.39 Å². The number of carbonyl (C=O) groups is 1. The topological polar surface area (TPSA) is 37.3 Å². The van der Waals surface area contributed by atoms with Gasteiger partial charge in [-0.05, 0) is 18.2 Å². The van der Waals surface area contributed by atoms with Crippen molar-refractivity contribution in [1.29, 1.82) is 0 Å². The van der Waals surface area contributed by atoms with Crippen molar-refractivity contribution in [2.45, 2.75) is 0 Å². The molecule has 0 atom stereocenters. The molecule has 0 amide bonds. The van der Waals surface area contributed by atoms with Gasteiger partial charge in [-0.15, -0.1) is 0 Å². The fourth-order valence-corrected chi connectivity index (χ4v) is 1.27. The van der Waals surface area contributed by atoms with Gasteiger partial charge in [-0.1, -0.05) is 15.9 Å². The zero-order valence-electron chi connectivity index (χ0n) is 6.05. The van der Waals surface area contributed by atoms with Crippen LogP contribution in [0.3, 0.4) is 0 Å². The molecule has 4 heteroatoms. The van der Waals surface area contributed by atoms with E-state index in [0.29, 0.717) is 4.47 Å². The Kier molecular flexibility index (Phi) is 2.94. The smallest absolute Gasteiger partial charge is 0.188 e. The molecule has 12 heavy (non-hydrogen) atoms. The van der Waals surface area contributed by atoms with Crippen molar-refractivity contribution in [2.75, 3.05) is 6.61 Å². The summed E-state index contributed by atoms with van der Waals surface area (Å²) in [6.07, 6.45) is 0. The Labute approximate surface area is 77.2 Å². The lowest BCUT2D eigenvalue weighted by Crippen LogP contribution is -2.04. The Hall–Kier alpha value is -0.740. The predicted octanol–water partition coefficient (Wildman–Crippen LogP) is 1.76. The normalized spacial score (nSPS) is 9.92. The van der Waals surface area contributed by atoms with Gasteiger partial charge in [0, 0.05) is 10.0 Å². The lowest BCUT2D eigenvalue weighted by atomic mass is 10.1. The molecule has 0 radical (unpaired) electrons. The maximum atomic E-state index is 12.7. The van der Waals surface area contributed by atoms with Gasteiger partial charge < -0.3 is 5.11 Å². The number of hydrogen-bond donors (Lipinski definition) is 1. The Bertz CT molecular complexity index is 292. The number of Topliss-reactive ketones (excluding diaryl/α,β-unsaturated/α-hetero) is 1. The molecule has 0 bridgehead atoms. The van der Waals surface area contributed by atoms with E-state index in [4.69, 9.17) is 5.11 Å². The fourth-order valence-electron chi connectivity index (χ4n) is 0.806. The molecule has 0 unspecified atom stereocenters.